The van der Waals surface area contributed by atoms with Gasteiger partial charge in [-0.25, -0.2) is 0 Å². The number of rotatable bonds is 3. The van der Waals surface area contributed by atoms with Gasteiger partial charge in [0.1, 0.15) is 0 Å². The summed E-state index contributed by atoms with van der Waals surface area (Å²) >= 11 is 0. The Kier molecular flexibility index (Phi) is 3.82. The van der Waals surface area contributed by atoms with Gasteiger partial charge in [0.25, 0.3) is 0 Å². The van der Waals surface area contributed by atoms with E-state index in [1.807, 2.05) is 6.92 Å². The van der Waals surface area contributed by atoms with Crippen molar-refractivity contribution in [1.82, 2.24) is 15.2 Å². The van der Waals surface area contributed by atoms with Crippen LogP contribution in [0.5, 0.6) is 0 Å². The Morgan fingerprint density at radius 3 is 2.76 bits per heavy atom. The van der Waals surface area contributed by atoms with Crippen molar-refractivity contribution in [3.8, 4) is 0 Å². The first-order valence-electron chi connectivity index (χ1n) is 9.20. The van der Waals surface area contributed by atoms with Crippen LogP contribution >= 0.6 is 0 Å². The zero-order valence-electron chi connectivity index (χ0n) is 14.8. The van der Waals surface area contributed by atoms with Crippen molar-refractivity contribution in [2.24, 2.45) is 11.3 Å². The van der Waals surface area contributed by atoms with Crippen LogP contribution in [0.3, 0.4) is 0 Å². The molecule has 1 aromatic heterocycles. The van der Waals surface area contributed by atoms with Crippen molar-refractivity contribution in [1.29, 1.82) is 0 Å². The van der Waals surface area contributed by atoms with Crippen LogP contribution in [0.1, 0.15) is 44.7 Å². The first-order chi connectivity index (χ1) is 12.0. The van der Waals surface area contributed by atoms with E-state index in [1.54, 1.807) is 0 Å². The van der Waals surface area contributed by atoms with Crippen LogP contribution in [0.2, 0.25) is 0 Å². The average molecular weight is 339 g/mol. The quantitative estimate of drug-likeness (QED) is 0.903. The van der Waals surface area contributed by atoms with E-state index in [4.69, 9.17) is 0 Å². The number of nitrogens with zero attached hydrogens (tertiary/aromatic N) is 1. The molecule has 2 aliphatic heterocycles. The molecule has 4 rings (SSSR count). The van der Waals surface area contributed by atoms with Crippen molar-refractivity contribution in [3.63, 3.8) is 0 Å². The van der Waals surface area contributed by atoms with Crippen LogP contribution in [-0.2, 0) is 16.1 Å². The summed E-state index contributed by atoms with van der Waals surface area (Å²) in [5, 5.41) is 7.27. The van der Waals surface area contributed by atoms with Crippen LogP contribution in [0.15, 0.2) is 30.5 Å². The number of carbonyl (C=O) groups excluding carboxylic acids is 2. The number of aryl methyl sites for hydroxylation is 1. The first kappa shape index (κ1) is 16.2. The number of carbonyl (C=O) groups is 2. The molecule has 0 saturated carbocycles. The van der Waals surface area contributed by atoms with Crippen LogP contribution in [-0.4, -0.2) is 22.9 Å². The van der Waals surface area contributed by atoms with E-state index < -0.39 is 5.41 Å². The number of nitrogens with one attached hydrogen (secondary N) is 2. The molecule has 132 valence electrons. The van der Waals surface area contributed by atoms with Gasteiger partial charge in [0.2, 0.25) is 11.8 Å². The Hall–Kier alpha value is -2.30. The molecule has 0 aliphatic carbocycles. The summed E-state index contributed by atoms with van der Waals surface area (Å²) in [4.78, 5) is 24.9. The first-order valence-corrected chi connectivity index (χ1v) is 9.20. The maximum Gasteiger partial charge on any atom is 0.226 e. The molecule has 0 spiro atoms. The van der Waals surface area contributed by atoms with E-state index in [1.165, 1.54) is 10.9 Å². The Balaban J connectivity index is 1.56. The number of piperidine rings is 1. The molecule has 2 aliphatic rings. The molecule has 2 amide bonds. The summed E-state index contributed by atoms with van der Waals surface area (Å²) in [5.41, 5.74) is 1.79. The van der Waals surface area contributed by atoms with Gasteiger partial charge in [0.05, 0.1) is 17.4 Å². The third-order valence-corrected chi connectivity index (χ3v) is 6.14. The molecule has 2 N–H and O–H groups in total. The molecular weight excluding hydrogens is 314 g/mol. The minimum Gasteiger partial charge on any atom is -0.356 e. The lowest BCUT2D eigenvalue weighted by Gasteiger charge is -2.37. The summed E-state index contributed by atoms with van der Waals surface area (Å²) in [5.74, 6) is -0.190. The Labute approximate surface area is 147 Å². The molecule has 1 aromatic carbocycles. The molecule has 25 heavy (non-hydrogen) atoms. The molecule has 0 bridgehead atoms. The summed E-state index contributed by atoms with van der Waals surface area (Å²) in [6, 6.07) is 8.57. The molecule has 2 fully saturated rings. The number of benzene rings is 1. The second-order valence-corrected chi connectivity index (χ2v) is 7.53. The third kappa shape index (κ3) is 2.53. The van der Waals surface area contributed by atoms with Crippen molar-refractivity contribution in [2.45, 2.75) is 45.7 Å². The second-order valence-electron chi connectivity index (χ2n) is 7.53. The molecule has 3 atom stereocenters. The highest BCUT2D eigenvalue weighted by molar-refractivity contribution is 5.92. The van der Waals surface area contributed by atoms with Gasteiger partial charge in [0.15, 0.2) is 0 Å². The van der Waals surface area contributed by atoms with E-state index in [0.29, 0.717) is 6.54 Å². The predicted molar refractivity (Wildman–Crippen MR) is 97.0 cm³/mol. The van der Waals surface area contributed by atoms with Crippen molar-refractivity contribution < 1.29 is 9.59 Å². The second kappa shape index (κ2) is 5.90. The zero-order chi connectivity index (χ0) is 17.6. The molecule has 5 nitrogen and oxygen atoms in total. The topological polar surface area (TPSA) is 63.1 Å². The van der Waals surface area contributed by atoms with Gasteiger partial charge < -0.3 is 15.2 Å². The predicted octanol–water partition coefficient (Wildman–Crippen LogP) is 2.75. The van der Waals surface area contributed by atoms with Gasteiger partial charge >= 0.3 is 0 Å². The van der Waals surface area contributed by atoms with Gasteiger partial charge in [0, 0.05) is 24.8 Å². The lowest BCUT2D eigenvalue weighted by Crippen LogP contribution is -2.48. The van der Waals surface area contributed by atoms with Crippen LogP contribution in [0.25, 0.3) is 10.9 Å². The molecule has 2 saturated heterocycles. The van der Waals surface area contributed by atoms with E-state index in [2.05, 4.69) is 52.6 Å². The fraction of sp³-hybridized carbons (Fsp3) is 0.500. The standard InChI is InChI=1S/C20H25N3O2/c1-3-23-11-8-13-4-5-14(12-17(13)23)16-7-6-15(18(24)22-16)20(2)9-10-21-19(20)25/h4-5,8,11-12,15-16H,3,6-7,9-10H2,1-2H3,(H,21,25)(H,22,24)/t15?,16?,20-/m1/s1. The maximum absolute atomic E-state index is 12.8. The highest BCUT2D eigenvalue weighted by Crippen LogP contribution is 2.41. The molecular formula is C20H25N3O2. The smallest absolute Gasteiger partial charge is 0.226 e. The molecule has 2 aromatic rings. The van der Waals surface area contributed by atoms with E-state index in [-0.39, 0.29) is 23.8 Å². The number of hydrogen-bond donors (Lipinski definition) is 2. The Morgan fingerprint density at radius 1 is 1.24 bits per heavy atom. The van der Waals surface area contributed by atoms with Crippen molar-refractivity contribution in [2.75, 3.05) is 6.54 Å². The van der Waals surface area contributed by atoms with Gasteiger partial charge in [-0.05, 0) is 56.2 Å². The van der Waals surface area contributed by atoms with E-state index in [9.17, 15) is 9.59 Å². The lowest BCUT2D eigenvalue weighted by molar-refractivity contribution is -0.141. The molecule has 5 heteroatoms. The highest BCUT2D eigenvalue weighted by Gasteiger charge is 2.49. The summed E-state index contributed by atoms with van der Waals surface area (Å²) < 4.78 is 2.22. The van der Waals surface area contributed by atoms with E-state index >= 15 is 0 Å². The van der Waals surface area contributed by atoms with Crippen LogP contribution in [0.4, 0.5) is 0 Å². The zero-order valence-corrected chi connectivity index (χ0v) is 14.8. The lowest BCUT2D eigenvalue weighted by atomic mass is 9.70. The fourth-order valence-corrected chi connectivity index (χ4v) is 4.44. The van der Waals surface area contributed by atoms with Gasteiger partial charge in [-0.2, -0.15) is 0 Å². The minimum atomic E-state index is -0.560. The number of hydrogen-bond acceptors (Lipinski definition) is 2. The van der Waals surface area contributed by atoms with Gasteiger partial charge in [-0.15, -0.1) is 0 Å². The minimum absolute atomic E-state index is 0.0155. The molecule has 0 radical (unpaired) electrons. The van der Waals surface area contributed by atoms with Crippen molar-refractivity contribution >= 4 is 22.7 Å². The number of fused-ring (bicyclic) bond motifs is 1. The number of aromatic nitrogens is 1. The molecule has 3 heterocycles. The van der Waals surface area contributed by atoms with Crippen molar-refractivity contribution in [3.05, 3.63) is 36.0 Å². The van der Waals surface area contributed by atoms with Crippen LogP contribution < -0.4 is 10.6 Å². The average Bonchev–Trinajstić information content (AvgIpc) is 3.18. The summed E-state index contributed by atoms with van der Waals surface area (Å²) in [6.45, 7) is 5.67. The van der Waals surface area contributed by atoms with E-state index in [0.717, 1.165) is 31.4 Å². The molecule has 2 unspecified atom stereocenters. The SMILES string of the molecule is CCn1ccc2ccc(C3CCC([C@@]4(C)CCNC4=O)C(=O)N3)cc21. The van der Waals surface area contributed by atoms with Crippen LogP contribution in [0, 0.1) is 11.3 Å². The number of amides is 2. The third-order valence-electron chi connectivity index (χ3n) is 6.14. The summed E-state index contributed by atoms with van der Waals surface area (Å²) in [7, 11) is 0. The Bertz CT molecular complexity index is 841. The van der Waals surface area contributed by atoms with Gasteiger partial charge in [-0.3, -0.25) is 9.59 Å². The fourth-order valence-electron chi connectivity index (χ4n) is 4.44. The highest BCUT2D eigenvalue weighted by atomic mass is 16.2. The van der Waals surface area contributed by atoms with Gasteiger partial charge in [-0.1, -0.05) is 12.1 Å². The largest absolute Gasteiger partial charge is 0.356 e. The summed E-state index contributed by atoms with van der Waals surface area (Å²) in [6.07, 6.45) is 4.47. The Morgan fingerprint density at radius 2 is 2.08 bits per heavy atom. The maximum atomic E-state index is 12.8. The normalized spacial score (nSPS) is 29.7. The monoisotopic (exact) mass is 339 g/mol.